The Balaban J connectivity index is 1.72. The Labute approximate surface area is 109 Å². The lowest BCUT2D eigenvalue weighted by Crippen LogP contribution is -2.57. The second kappa shape index (κ2) is 5.68. The molecule has 1 aliphatic rings. The van der Waals surface area contributed by atoms with Gasteiger partial charge < -0.3 is 20.3 Å². The Morgan fingerprint density at radius 2 is 2.26 bits per heavy atom. The van der Waals surface area contributed by atoms with Crippen LogP contribution in [0.3, 0.4) is 0 Å². The molecule has 0 radical (unpaired) electrons. The van der Waals surface area contributed by atoms with Crippen LogP contribution < -0.4 is 10.6 Å². The molecule has 8 heteroatoms. The maximum absolute atomic E-state index is 11.7. The molecule has 2 amide bonds. The molecule has 2 rings (SSSR count). The monoisotopic (exact) mass is 268 g/mol. The van der Waals surface area contributed by atoms with Gasteiger partial charge in [-0.05, 0) is 19.3 Å². The summed E-state index contributed by atoms with van der Waals surface area (Å²) in [6.45, 7) is 0.370. The van der Waals surface area contributed by atoms with E-state index in [1.807, 2.05) is 0 Å². The Hall–Kier alpha value is -2.12. The van der Waals surface area contributed by atoms with Gasteiger partial charge >= 0.3 is 12.0 Å². The van der Waals surface area contributed by atoms with Crippen molar-refractivity contribution in [3.05, 3.63) is 12.2 Å². The van der Waals surface area contributed by atoms with E-state index >= 15 is 0 Å². The molecule has 0 saturated heterocycles. The van der Waals surface area contributed by atoms with Crippen molar-refractivity contribution in [1.82, 2.24) is 20.8 Å². The highest BCUT2D eigenvalue weighted by Crippen LogP contribution is 2.34. The molecule has 3 N–H and O–H groups in total. The largest absolute Gasteiger partial charge is 0.481 e. The van der Waals surface area contributed by atoms with Gasteiger partial charge in [0.2, 0.25) is 6.39 Å². The molecule has 1 aromatic rings. The first-order chi connectivity index (χ1) is 9.10. The van der Waals surface area contributed by atoms with Gasteiger partial charge in [-0.15, -0.1) is 0 Å². The quantitative estimate of drug-likeness (QED) is 0.683. The van der Waals surface area contributed by atoms with E-state index < -0.39 is 11.5 Å². The zero-order chi connectivity index (χ0) is 13.7. The summed E-state index contributed by atoms with van der Waals surface area (Å²) < 4.78 is 4.57. The standard InChI is InChI=1S/C11H16N4O4/c16-9(17)6-11(3-1-4-11)14-10(18)12-5-2-8-13-7-19-15-8/h7H,1-6H2,(H,16,17)(H2,12,14,18). The number of nitrogens with zero attached hydrogens (tertiary/aromatic N) is 2. The van der Waals surface area contributed by atoms with Crippen LogP contribution in [0.4, 0.5) is 4.79 Å². The molecule has 1 aromatic heterocycles. The van der Waals surface area contributed by atoms with Gasteiger partial charge in [0.15, 0.2) is 5.82 Å². The number of carbonyl (C=O) groups excluding carboxylic acids is 1. The van der Waals surface area contributed by atoms with Gasteiger partial charge in [0.05, 0.1) is 12.0 Å². The van der Waals surface area contributed by atoms with E-state index in [-0.39, 0.29) is 12.5 Å². The summed E-state index contributed by atoms with van der Waals surface area (Å²) in [7, 11) is 0. The molecule has 0 spiro atoms. The van der Waals surface area contributed by atoms with Crippen molar-refractivity contribution < 1.29 is 19.2 Å². The third-order valence-electron chi connectivity index (χ3n) is 3.22. The topological polar surface area (TPSA) is 117 Å². The number of hydrogen-bond donors (Lipinski definition) is 3. The molecule has 0 aliphatic heterocycles. The summed E-state index contributed by atoms with van der Waals surface area (Å²) in [5.41, 5.74) is -0.581. The molecule has 0 atom stereocenters. The SMILES string of the molecule is O=C(O)CC1(NC(=O)NCCc2ncon2)CCC1. The molecular weight excluding hydrogens is 252 g/mol. The summed E-state index contributed by atoms with van der Waals surface area (Å²) in [4.78, 5) is 26.3. The number of amides is 2. The predicted octanol–water partition coefficient (Wildman–Crippen LogP) is 0.309. The van der Waals surface area contributed by atoms with Crippen LogP contribution in [-0.2, 0) is 11.2 Å². The molecule has 0 aromatic carbocycles. The lowest BCUT2D eigenvalue weighted by molar-refractivity contribution is -0.139. The molecule has 1 heterocycles. The highest BCUT2D eigenvalue weighted by Gasteiger charge is 2.40. The average molecular weight is 268 g/mol. The summed E-state index contributed by atoms with van der Waals surface area (Å²) in [5, 5.41) is 17.8. The molecule has 19 heavy (non-hydrogen) atoms. The van der Waals surface area contributed by atoms with E-state index in [2.05, 4.69) is 25.3 Å². The maximum atomic E-state index is 11.7. The minimum absolute atomic E-state index is 0.0364. The molecule has 1 fully saturated rings. The molecule has 0 unspecified atom stereocenters. The van der Waals surface area contributed by atoms with Gasteiger partial charge in [0.25, 0.3) is 0 Å². The summed E-state index contributed by atoms with van der Waals surface area (Å²) in [6.07, 6.45) is 4.01. The van der Waals surface area contributed by atoms with Gasteiger partial charge in [-0.1, -0.05) is 5.16 Å². The lowest BCUT2D eigenvalue weighted by atomic mass is 9.74. The first-order valence-corrected chi connectivity index (χ1v) is 6.13. The van der Waals surface area contributed by atoms with Crippen LogP contribution in [0.25, 0.3) is 0 Å². The molecular formula is C11H16N4O4. The van der Waals surface area contributed by atoms with Crippen molar-refractivity contribution in [2.24, 2.45) is 0 Å². The van der Waals surface area contributed by atoms with Crippen LogP contribution in [0.2, 0.25) is 0 Å². The van der Waals surface area contributed by atoms with Crippen LogP contribution in [0.1, 0.15) is 31.5 Å². The van der Waals surface area contributed by atoms with Crippen molar-refractivity contribution >= 4 is 12.0 Å². The number of nitrogens with one attached hydrogen (secondary N) is 2. The van der Waals surface area contributed by atoms with Crippen LogP contribution in [0.15, 0.2) is 10.9 Å². The highest BCUT2D eigenvalue weighted by atomic mass is 16.5. The lowest BCUT2D eigenvalue weighted by Gasteiger charge is -2.41. The summed E-state index contributed by atoms with van der Waals surface area (Å²) in [5.74, 6) is -0.379. The van der Waals surface area contributed by atoms with Crippen molar-refractivity contribution in [3.63, 3.8) is 0 Å². The smallest absolute Gasteiger partial charge is 0.315 e. The summed E-state index contributed by atoms with van der Waals surface area (Å²) in [6, 6.07) is -0.357. The van der Waals surface area contributed by atoms with Gasteiger partial charge in [0, 0.05) is 13.0 Å². The third kappa shape index (κ3) is 3.67. The first kappa shape index (κ1) is 13.3. The zero-order valence-electron chi connectivity index (χ0n) is 10.4. The Bertz CT molecular complexity index is 442. The number of carbonyl (C=O) groups is 2. The van der Waals surface area contributed by atoms with E-state index in [0.29, 0.717) is 31.6 Å². The number of urea groups is 1. The zero-order valence-corrected chi connectivity index (χ0v) is 10.4. The van der Waals surface area contributed by atoms with E-state index in [1.165, 1.54) is 6.39 Å². The Kier molecular flexibility index (Phi) is 3.98. The van der Waals surface area contributed by atoms with Crippen LogP contribution >= 0.6 is 0 Å². The summed E-state index contributed by atoms with van der Waals surface area (Å²) >= 11 is 0. The Morgan fingerprint density at radius 1 is 1.47 bits per heavy atom. The number of hydrogen-bond acceptors (Lipinski definition) is 5. The number of aromatic nitrogens is 2. The fourth-order valence-electron chi connectivity index (χ4n) is 2.11. The number of aliphatic carboxylic acids is 1. The molecule has 104 valence electrons. The van der Waals surface area contributed by atoms with Gasteiger partial charge in [-0.3, -0.25) is 4.79 Å². The molecule has 1 aliphatic carbocycles. The van der Waals surface area contributed by atoms with Crippen molar-refractivity contribution in [1.29, 1.82) is 0 Å². The predicted molar refractivity (Wildman–Crippen MR) is 63.4 cm³/mol. The maximum Gasteiger partial charge on any atom is 0.315 e. The van der Waals surface area contributed by atoms with E-state index in [0.717, 1.165) is 6.42 Å². The van der Waals surface area contributed by atoms with Crippen molar-refractivity contribution in [2.75, 3.05) is 6.54 Å². The number of carboxylic acids is 1. The average Bonchev–Trinajstić information content (AvgIpc) is 2.78. The van der Waals surface area contributed by atoms with Crippen molar-refractivity contribution in [3.8, 4) is 0 Å². The molecule has 8 nitrogen and oxygen atoms in total. The van der Waals surface area contributed by atoms with Gasteiger partial charge in [0.1, 0.15) is 0 Å². The fraction of sp³-hybridized carbons (Fsp3) is 0.636. The third-order valence-corrected chi connectivity index (χ3v) is 3.22. The fourth-order valence-corrected chi connectivity index (χ4v) is 2.11. The highest BCUT2D eigenvalue weighted by molar-refractivity contribution is 5.77. The van der Waals surface area contributed by atoms with Crippen LogP contribution in [-0.4, -0.2) is 39.3 Å². The van der Waals surface area contributed by atoms with E-state index in [9.17, 15) is 9.59 Å². The molecule has 0 bridgehead atoms. The second-order valence-corrected chi connectivity index (χ2v) is 4.68. The molecule has 1 saturated carbocycles. The van der Waals surface area contributed by atoms with E-state index in [4.69, 9.17) is 5.11 Å². The van der Waals surface area contributed by atoms with Crippen molar-refractivity contribution in [2.45, 2.75) is 37.6 Å². The minimum atomic E-state index is -0.896. The van der Waals surface area contributed by atoms with Gasteiger partial charge in [-0.2, -0.15) is 4.98 Å². The second-order valence-electron chi connectivity index (χ2n) is 4.68. The van der Waals surface area contributed by atoms with E-state index in [1.54, 1.807) is 0 Å². The minimum Gasteiger partial charge on any atom is -0.481 e. The normalized spacial score (nSPS) is 16.4. The Morgan fingerprint density at radius 3 is 2.79 bits per heavy atom. The number of rotatable bonds is 6. The number of carboxylic acid groups (broad SMARTS) is 1. The van der Waals surface area contributed by atoms with Gasteiger partial charge in [-0.25, -0.2) is 4.79 Å². The first-order valence-electron chi connectivity index (χ1n) is 6.13. The van der Waals surface area contributed by atoms with Crippen LogP contribution in [0.5, 0.6) is 0 Å². The van der Waals surface area contributed by atoms with Crippen LogP contribution in [0, 0.1) is 0 Å².